The minimum absolute atomic E-state index is 0.616. The summed E-state index contributed by atoms with van der Waals surface area (Å²) >= 11 is 0. The van der Waals surface area contributed by atoms with Crippen molar-refractivity contribution < 1.29 is 0 Å². The zero-order chi connectivity index (χ0) is 8.27. The Morgan fingerprint density at radius 3 is 2.91 bits per heavy atom. The third kappa shape index (κ3) is 2.93. The number of hydrogen-bond donors (Lipinski definition) is 2. The molecule has 1 atom stereocenters. The molecule has 0 unspecified atom stereocenters. The second kappa shape index (κ2) is 3.77. The van der Waals surface area contributed by atoms with Crippen LogP contribution < -0.4 is 10.6 Å². The van der Waals surface area contributed by atoms with Gasteiger partial charge in [-0.15, -0.1) is 0 Å². The van der Waals surface area contributed by atoms with Crippen LogP contribution in [0.5, 0.6) is 0 Å². The van der Waals surface area contributed by atoms with E-state index in [4.69, 9.17) is 0 Å². The van der Waals surface area contributed by atoms with Crippen molar-refractivity contribution in [3.63, 3.8) is 0 Å². The van der Waals surface area contributed by atoms with E-state index in [2.05, 4.69) is 31.1 Å². The Labute approximate surface area is 69.1 Å². The average Bonchev–Trinajstić information content (AvgIpc) is 2.31. The molecule has 64 valence electrons. The average molecular weight is 154 g/mol. The Hall–Kier alpha value is -0.500. The van der Waals surface area contributed by atoms with E-state index in [1.807, 2.05) is 0 Å². The van der Waals surface area contributed by atoms with Gasteiger partial charge in [0.15, 0.2) is 0 Å². The molecule has 0 aromatic heterocycles. The maximum atomic E-state index is 3.88. The van der Waals surface area contributed by atoms with E-state index in [1.54, 1.807) is 0 Å². The molecule has 0 aliphatic carbocycles. The van der Waals surface area contributed by atoms with Crippen LogP contribution >= 0.6 is 0 Å². The van der Waals surface area contributed by atoms with Crippen LogP contribution in [0.2, 0.25) is 0 Å². The largest absolute Gasteiger partial charge is 0.387 e. The van der Waals surface area contributed by atoms with Gasteiger partial charge in [-0.05, 0) is 12.5 Å². The molecule has 1 rings (SSSR count). The first-order valence-electron chi connectivity index (χ1n) is 4.33. The molecular weight excluding hydrogens is 136 g/mol. The summed E-state index contributed by atoms with van der Waals surface area (Å²) in [6.45, 7) is 10.5. The van der Waals surface area contributed by atoms with Crippen molar-refractivity contribution in [2.75, 3.05) is 13.1 Å². The zero-order valence-electron chi connectivity index (χ0n) is 7.48. The van der Waals surface area contributed by atoms with Gasteiger partial charge >= 0.3 is 0 Å². The predicted molar refractivity (Wildman–Crippen MR) is 48.4 cm³/mol. The topological polar surface area (TPSA) is 24.1 Å². The summed E-state index contributed by atoms with van der Waals surface area (Å²) < 4.78 is 0. The second-order valence-corrected chi connectivity index (χ2v) is 3.69. The first kappa shape index (κ1) is 8.60. The van der Waals surface area contributed by atoms with E-state index < -0.39 is 0 Å². The highest BCUT2D eigenvalue weighted by Gasteiger charge is 2.16. The molecule has 1 saturated heterocycles. The predicted octanol–water partition coefficient (Wildman–Crippen LogP) is 1.11. The van der Waals surface area contributed by atoms with Crippen LogP contribution in [0.4, 0.5) is 0 Å². The Morgan fingerprint density at radius 1 is 1.73 bits per heavy atom. The maximum Gasteiger partial charge on any atom is 0.0301 e. The lowest BCUT2D eigenvalue weighted by molar-refractivity contribution is 0.484. The smallest absolute Gasteiger partial charge is 0.0301 e. The number of nitrogens with one attached hydrogen (secondary N) is 2. The fourth-order valence-corrected chi connectivity index (χ4v) is 1.26. The van der Waals surface area contributed by atoms with Gasteiger partial charge in [-0.1, -0.05) is 20.4 Å². The molecule has 1 fully saturated rings. The van der Waals surface area contributed by atoms with Crippen LogP contribution in [0.3, 0.4) is 0 Å². The molecule has 2 nitrogen and oxygen atoms in total. The van der Waals surface area contributed by atoms with Crippen molar-refractivity contribution in [1.29, 1.82) is 0 Å². The first-order chi connectivity index (χ1) is 5.18. The third-order valence-electron chi connectivity index (χ3n) is 1.91. The second-order valence-electron chi connectivity index (χ2n) is 3.69. The van der Waals surface area contributed by atoms with Crippen molar-refractivity contribution in [2.24, 2.45) is 5.92 Å². The number of hydrogen-bond acceptors (Lipinski definition) is 2. The van der Waals surface area contributed by atoms with Crippen molar-refractivity contribution >= 4 is 0 Å². The summed E-state index contributed by atoms with van der Waals surface area (Å²) in [7, 11) is 0. The molecule has 2 heteroatoms. The van der Waals surface area contributed by atoms with Crippen LogP contribution in [0.15, 0.2) is 12.3 Å². The van der Waals surface area contributed by atoms with Crippen LogP contribution in [-0.4, -0.2) is 19.1 Å². The molecular formula is C9H18N2. The quantitative estimate of drug-likeness (QED) is 0.636. The van der Waals surface area contributed by atoms with Crippen molar-refractivity contribution in [3.05, 3.63) is 12.3 Å². The van der Waals surface area contributed by atoms with Gasteiger partial charge < -0.3 is 10.6 Å². The Kier molecular flexibility index (Phi) is 2.94. The molecule has 1 aliphatic heterocycles. The van der Waals surface area contributed by atoms with E-state index in [0.29, 0.717) is 6.04 Å². The lowest BCUT2D eigenvalue weighted by atomic mass is 10.2. The molecule has 1 aliphatic rings. The number of rotatable bonds is 3. The molecule has 0 saturated carbocycles. The van der Waals surface area contributed by atoms with Gasteiger partial charge in [-0.25, -0.2) is 0 Å². The summed E-state index contributed by atoms with van der Waals surface area (Å²) in [6, 6.07) is 0.616. The maximum absolute atomic E-state index is 3.88. The highest BCUT2D eigenvalue weighted by molar-refractivity contribution is 5.02. The highest BCUT2D eigenvalue weighted by atomic mass is 15.0. The lowest BCUT2D eigenvalue weighted by Crippen LogP contribution is -2.33. The van der Waals surface area contributed by atoms with E-state index in [1.165, 1.54) is 5.70 Å². The van der Waals surface area contributed by atoms with E-state index >= 15 is 0 Å². The minimum atomic E-state index is 0.616. The summed E-state index contributed by atoms with van der Waals surface area (Å²) in [5.74, 6) is 0.740. The van der Waals surface area contributed by atoms with Crippen LogP contribution in [0.1, 0.15) is 20.3 Å². The molecule has 0 spiro atoms. The third-order valence-corrected chi connectivity index (χ3v) is 1.91. The van der Waals surface area contributed by atoms with Crippen molar-refractivity contribution in [2.45, 2.75) is 26.3 Å². The monoisotopic (exact) mass is 154 g/mol. The fraction of sp³-hybridized carbons (Fsp3) is 0.778. The van der Waals surface area contributed by atoms with Gasteiger partial charge in [0.05, 0.1) is 0 Å². The van der Waals surface area contributed by atoms with Crippen LogP contribution in [-0.2, 0) is 0 Å². The van der Waals surface area contributed by atoms with Gasteiger partial charge in [0, 0.05) is 24.7 Å². The standard InChI is InChI=1S/C9H18N2/c1-7(2)5-11-9-4-8(3)10-6-9/h7,9-11H,3-6H2,1-2H3/t9-/m1/s1. The van der Waals surface area contributed by atoms with Crippen LogP contribution in [0, 0.1) is 5.92 Å². The SMILES string of the molecule is C=C1C[C@@H](NCC(C)C)CN1. The molecule has 0 aromatic rings. The van der Waals surface area contributed by atoms with Crippen molar-refractivity contribution in [3.8, 4) is 0 Å². The van der Waals surface area contributed by atoms with Gasteiger partial charge in [0.25, 0.3) is 0 Å². The molecule has 0 amide bonds. The van der Waals surface area contributed by atoms with Crippen LogP contribution in [0.25, 0.3) is 0 Å². The highest BCUT2D eigenvalue weighted by Crippen LogP contribution is 2.07. The van der Waals surface area contributed by atoms with Gasteiger partial charge in [0.2, 0.25) is 0 Å². The van der Waals surface area contributed by atoms with Gasteiger partial charge in [0.1, 0.15) is 0 Å². The first-order valence-corrected chi connectivity index (χ1v) is 4.33. The lowest BCUT2D eigenvalue weighted by Gasteiger charge is -2.12. The summed E-state index contributed by atoms with van der Waals surface area (Å²) in [5, 5.41) is 6.72. The molecule has 0 aromatic carbocycles. The Morgan fingerprint density at radius 2 is 2.45 bits per heavy atom. The molecule has 0 radical (unpaired) electrons. The van der Waals surface area contributed by atoms with Gasteiger partial charge in [-0.3, -0.25) is 0 Å². The molecule has 11 heavy (non-hydrogen) atoms. The van der Waals surface area contributed by atoms with E-state index in [0.717, 1.165) is 25.4 Å². The van der Waals surface area contributed by atoms with E-state index in [9.17, 15) is 0 Å². The zero-order valence-corrected chi connectivity index (χ0v) is 7.48. The Bertz CT molecular complexity index is 140. The molecule has 0 bridgehead atoms. The summed E-state index contributed by atoms with van der Waals surface area (Å²) in [4.78, 5) is 0. The summed E-state index contributed by atoms with van der Waals surface area (Å²) in [6.07, 6.45) is 1.09. The molecule has 1 heterocycles. The fourth-order valence-electron chi connectivity index (χ4n) is 1.26. The Balaban J connectivity index is 2.13. The summed E-state index contributed by atoms with van der Waals surface area (Å²) in [5.41, 5.74) is 1.17. The minimum Gasteiger partial charge on any atom is -0.387 e. The van der Waals surface area contributed by atoms with Gasteiger partial charge in [-0.2, -0.15) is 0 Å². The normalized spacial score (nSPS) is 24.3. The molecule has 2 N–H and O–H groups in total. The van der Waals surface area contributed by atoms with Crippen molar-refractivity contribution in [1.82, 2.24) is 10.6 Å². The van der Waals surface area contributed by atoms with E-state index in [-0.39, 0.29) is 0 Å².